The third-order valence-corrected chi connectivity index (χ3v) is 3.23. The van der Waals surface area contributed by atoms with Crippen molar-refractivity contribution >= 4 is 28.3 Å². The fourth-order valence-electron chi connectivity index (χ4n) is 1.50. The van der Waals surface area contributed by atoms with Crippen LogP contribution in [0.3, 0.4) is 0 Å². The van der Waals surface area contributed by atoms with Gasteiger partial charge in [-0.05, 0) is 0 Å². The van der Waals surface area contributed by atoms with E-state index in [1.54, 1.807) is 0 Å². The normalized spacial score (nSPS) is 19.8. The second-order valence-corrected chi connectivity index (χ2v) is 4.37. The Morgan fingerprint density at radius 3 is 3.00 bits per heavy atom. The number of hydrogen-bond acceptors (Lipinski definition) is 5. The van der Waals surface area contributed by atoms with Crippen molar-refractivity contribution in [3.63, 3.8) is 0 Å². The lowest BCUT2D eigenvalue weighted by Gasteiger charge is -2.10. The molecule has 1 unspecified atom stereocenters. The van der Waals surface area contributed by atoms with Crippen molar-refractivity contribution in [2.24, 2.45) is 5.92 Å². The summed E-state index contributed by atoms with van der Waals surface area (Å²) < 4.78 is 0. The zero-order valence-electron chi connectivity index (χ0n) is 8.08. The zero-order valence-corrected chi connectivity index (χ0v) is 8.90. The molecule has 1 fully saturated rings. The highest BCUT2D eigenvalue weighted by atomic mass is 32.1. The van der Waals surface area contributed by atoms with Crippen LogP contribution < -0.4 is 4.90 Å². The number of carboxylic acid groups (broad SMARTS) is 1. The molecule has 0 aromatic carbocycles. The molecule has 1 atom stereocenters. The van der Waals surface area contributed by atoms with E-state index in [0.29, 0.717) is 10.0 Å². The van der Waals surface area contributed by atoms with E-state index in [4.69, 9.17) is 10.4 Å². The quantitative estimate of drug-likeness (QED) is 0.805. The molecule has 0 saturated carbocycles. The summed E-state index contributed by atoms with van der Waals surface area (Å²) in [5.74, 6) is -1.92. The molecule has 1 aromatic heterocycles. The predicted octanol–water partition coefficient (Wildman–Crippen LogP) is 0.452. The Hall–Kier alpha value is -1.94. The number of rotatable bonds is 2. The predicted molar refractivity (Wildman–Crippen MR) is 54.9 cm³/mol. The molecule has 0 aliphatic carbocycles. The van der Waals surface area contributed by atoms with Gasteiger partial charge >= 0.3 is 5.97 Å². The Labute approximate surface area is 94.7 Å². The lowest BCUT2D eigenvalue weighted by Crippen LogP contribution is -2.25. The first kappa shape index (κ1) is 10.6. The largest absolute Gasteiger partial charge is 0.481 e. The second-order valence-electron chi connectivity index (χ2n) is 3.36. The monoisotopic (exact) mass is 237 g/mol. The van der Waals surface area contributed by atoms with Gasteiger partial charge in [-0.25, -0.2) is 4.98 Å². The Balaban J connectivity index is 2.20. The summed E-state index contributed by atoms with van der Waals surface area (Å²) in [6, 6.07) is 1.92. The number of carbonyl (C=O) groups is 2. The minimum absolute atomic E-state index is 0.00317. The first-order chi connectivity index (χ1) is 7.61. The Kier molecular flexibility index (Phi) is 2.58. The highest BCUT2D eigenvalue weighted by Gasteiger charge is 2.36. The van der Waals surface area contributed by atoms with Crippen LogP contribution in [0.2, 0.25) is 0 Å². The van der Waals surface area contributed by atoms with Gasteiger partial charge in [-0.2, -0.15) is 5.26 Å². The summed E-state index contributed by atoms with van der Waals surface area (Å²) in [5.41, 5.74) is 0. The average Bonchev–Trinajstić information content (AvgIpc) is 2.83. The third kappa shape index (κ3) is 1.75. The number of thiazole rings is 1. The number of aliphatic carboxylic acids is 1. The number of aromatic nitrogens is 1. The van der Waals surface area contributed by atoms with Gasteiger partial charge in [0.25, 0.3) is 0 Å². The van der Waals surface area contributed by atoms with E-state index in [-0.39, 0.29) is 18.9 Å². The fourth-order valence-corrected chi connectivity index (χ4v) is 2.24. The molecule has 2 rings (SSSR count). The van der Waals surface area contributed by atoms with E-state index in [2.05, 4.69) is 4.98 Å². The molecular weight excluding hydrogens is 230 g/mol. The number of anilines is 1. The van der Waals surface area contributed by atoms with Gasteiger partial charge in [-0.1, -0.05) is 11.3 Å². The number of carboxylic acids is 1. The summed E-state index contributed by atoms with van der Waals surface area (Å²) >= 11 is 1.09. The van der Waals surface area contributed by atoms with Crippen LogP contribution in [0.15, 0.2) is 6.20 Å². The van der Waals surface area contributed by atoms with Crippen LogP contribution in [0.4, 0.5) is 5.13 Å². The van der Waals surface area contributed by atoms with Gasteiger partial charge in [-0.3, -0.25) is 14.5 Å². The standard InChI is InChI=1S/C9H7N3O3S/c10-2-6-3-11-9(16-6)12-4-5(8(14)15)1-7(12)13/h3,5H,1,4H2,(H,14,15). The molecule has 1 amide bonds. The lowest BCUT2D eigenvalue weighted by atomic mass is 10.1. The maximum atomic E-state index is 11.5. The number of amides is 1. The maximum absolute atomic E-state index is 11.5. The molecular formula is C9H7N3O3S. The zero-order chi connectivity index (χ0) is 11.7. The minimum Gasteiger partial charge on any atom is -0.481 e. The Morgan fingerprint density at radius 2 is 2.50 bits per heavy atom. The topological polar surface area (TPSA) is 94.3 Å². The molecule has 7 heteroatoms. The molecule has 1 aliphatic heterocycles. The van der Waals surface area contributed by atoms with Crippen LogP contribution in [0.25, 0.3) is 0 Å². The van der Waals surface area contributed by atoms with Crippen LogP contribution in [0.1, 0.15) is 11.3 Å². The summed E-state index contributed by atoms with van der Waals surface area (Å²) in [5, 5.41) is 17.8. The van der Waals surface area contributed by atoms with Crippen molar-refractivity contribution in [3.8, 4) is 6.07 Å². The highest BCUT2D eigenvalue weighted by Crippen LogP contribution is 2.28. The van der Waals surface area contributed by atoms with Gasteiger partial charge in [0.2, 0.25) is 5.91 Å². The minimum atomic E-state index is -0.979. The molecule has 1 N–H and O–H groups in total. The molecule has 0 spiro atoms. The molecule has 1 aromatic rings. The first-order valence-corrected chi connectivity index (χ1v) is 5.32. The number of nitrogens with zero attached hydrogens (tertiary/aromatic N) is 3. The van der Waals surface area contributed by atoms with Gasteiger partial charge in [0.1, 0.15) is 10.9 Å². The molecule has 82 valence electrons. The smallest absolute Gasteiger partial charge is 0.308 e. The van der Waals surface area contributed by atoms with Gasteiger partial charge in [0, 0.05) is 13.0 Å². The van der Waals surface area contributed by atoms with Crippen molar-refractivity contribution in [2.75, 3.05) is 11.4 Å². The van der Waals surface area contributed by atoms with E-state index in [1.165, 1.54) is 11.1 Å². The van der Waals surface area contributed by atoms with Crippen molar-refractivity contribution in [3.05, 3.63) is 11.1 Å². The van der Waals surface area contributed by atoms with Gasteiger partial charge in [0.05, 0.1) is 12.1 Å². The van der Waals surface area contributed by atoms with E-state index >= 15 is 0 Å². The van der Waals surface area contributed by atoms with Crippen molar-refractivity contribution < 1.29 is 14.7 Å². The average molecular weight is 237 g/mol. The SMILES string of the molecule is N#Cc1cnc(N2CC(C(=O)O)CC2=O)s1. The molecule has 0 bridgehead atoms. The number of hydrogen-bond donors (Lipinski definition) is 1. The lowest BCUT2D eigenvalue weighted by molar-refractivity contribution is -0.141. The fraction of sp³-hybridized carbons (Fsp3) is 0.333. The Morgan fingerprint density at radius 1 is 1.75 bits per heavy atom. The summed E-state index contributed by atoms with van der Waals surface area (Å²) in [4.78, 5) is 27.9. The molecule has 1 saturated heterocycles. The van der Waals surface area contributed by atoms with Crippen LogP contribution >= 0.6 is 11.3 Å². The third-order valence-electron chi connectivity index (χ3n) is 2.31. The molecule has 2 heterocycles. The first-order valence-electron chi connectivity index (χ1n) is 4.51. The van der Waals surface area contributed by atoms with Gasteiger partial charge in [0.15, 0.2) is 5.13 Å². The van der Waals surface area contributed by atoms with Crippen LogP contribution in [0.5, 0.6) is 0 Å². The van der Waals surface area contributed by atoms with Crippen molar-refractivity contribution in [1.29, 1.82) is 5.26 Å². The van der Waals surface area contributed by atoms with E-state index in [0.717, 1.165) is 11.3 Å². The van der Waals surface area contributed by atoms with Crippen LogP contribution in [-0.4, -0.2) is 28.5 Å². The highest BCUT2D eigenvalue weighted by molar-refractivity contribution is 7.16. The molecule has 0 radical (unpaired) electrons. The van der Waals surface area contributed by atoms with Gasteiger partial charge < -0.3 is 5.11 Å². The number of nitriles is 1. The van der Waals surface area contributed by atoms with E-state index < -0.39 is 11.9 Å². The Bertz CT molecular complexity index is 490. The van der Waals surface area contributed by atoms with Crippen LogP contribution in [-0.2, 0) is 9.59 Å². The summed E-state index contributed by atoms with van der Waals surface area (Å²) in [7, 11) is 0. The number of carbonyl (C=O) groups excluding carboxylic acids is 1. The van der Waals surface area contributed by atoms with Crippen LogP contribution in [0, 0.1) is 17.2 Å². The summed E-state index contributed by atoms with van der Waals surface area (Å²) in [6.45, 7) is 0.131. The molecule has 6 nitrogen and oxygen atoms in total. The summed E-state index contributed by atoms with van der Waals surface area (Å²) in [6.07, 6.45) is 1.37. The van der Waals surface area contributed by atoms with Gasteiger partial charge in [-0.15, -0.1) is 0 Å². The maximum Gasteiger partial charge on any atom is 0.308 e. The molecule has 1 aliphatic rings. The second kappa shape index (κ2) is 3.90. The van der Waals surface area contributed by atoms with Crippen molar-refractivity contribution in [2.45, 2.75) is 6.42 Å². The van der Waals surface area contributed by atoms with E-state index in [9.17, 15) is 9.59 Å². The van der Waals surface area contributed by atoms with E-state index in [1.807, 2.05) is 6.07 Å². The molecule has 16 heavy (non-hydrogen) atoms. The van der Waals surface area contributed by atoms with Crippen molar-refractivity contribution in [1.82, 2.24) is 4.98 Å².